The van der Waals surface area contributed by atoms with Gasteiger partial charge in [0.25, 0.3) is 0 Å². The molecule has 1 aromatic rings. The van der Waals surface area contributed by atoms with E-state index >= 15 is 0 Å². The van der Waals surface area contributed by atoms with E-state index in [4.69, 9.17) is 10.5 Å². The summed E-state index contributed by atoms with van der Waals surface area (Å²) in [4.78, 5) is 0. The summed E-state index contributed by atoms with van der Waals surface area (Å²) in [6, 6.07) is 8.07. The molecule has 0 amide bonds. The first kappa shape index (κ1) is 14.0. The van der Waals surface area contributed by atoms with Gasteiger partial charge < -0.3 is 15.6 Å². The number of aliphatic hydroxyl groups is 1. The number of hydrogen-bond acceptors (Lipinski definition) is 3. The van der Waals surface area contributed by atoms with Gasteiger partial charge in [-0.15, -0.1) is 0 Å². The summed E-state index contributed by atoms with van der Waals surface area (Å²) in [5.41, 5.74) is 6.62. The van der Waals surface area contributed by atoms with E-state index < -0.39 is 6.10 Å². The number of hydrogen-bond donors (Lipinski definition) is 2. The number of ether oxygens (including phenoxy) is 1. The minimum Gasteiger partial charge on any atom is -0.494 e. The van der Waals surface area contributed by atoms with Crippen LogP contribution in [0, 0.1) is 0 Å². The van der Waals surface area contributed by atoms with Crippen molar-refractivity contribution in [1.82, 2.24) is 0 Å². The predicted molar refractivity (Wildman–Crippen MR) is 70.3 cm³/mol. The first-order chi connectivity index (χ1) is 8.17. The molecule has 0 saturated carbocycles. The molecule has 2 unspecified atom stereocenters. The summed E-state index contributed by atoms with van der Waals surface area (Å²) in [5, 5.41) is 9.51. The molecule has 1 aromatic carbocycles. The van der Waals surface area contributed by atoms with E-state index in [9.17, 15) is 5.11 Å². The Balaban J connectivity index is 2.54. The number of nitrogens with two attached hydrogens (primary N) is 1. The Morgan fingerprint density at radius 1 is 1.29 bits per heavy atom. The molecule has 3 N–H and O–H groups in total. The molecule has 0 bridgehead atoms. The average Bonchev–Trinajstić information content (AvgIpc) is 2.36. The lowest BCUT2D eigenvalue weighted by atomic mass is 9.95. The van der Waals surface area contributed by atoms with Crippen LogP contribution in [0.4, 0.5) is 0 Å². The lowest BCUT2D eigenvalue weighted by molar-refractivity contribution is 0.165. The van der Waals surface area contributed by atoms with Gasteiger partial charge in [0.15, 0.2) is 0 Å². The molecule has 0 saturated heterocycles. The second-order valence-electron chi connectivity index (χ2n) is 4.44. The molecule has 0 spiro atoms. The molecular weight excluding hydrogens is 214 g/mol. The van der Waals surface area contributed by atoms with E-state index in [1.165, 1.54) is 5.56 Å². The van der Waals surface area contributed by atoms with Crippen molar-refractivity contribution < 1.29 is 9.84 Å². The molecule has 96 valence electrons. The fraction of sp³-hybridized carbons (Fsp3) is 0.571. The van der Waals surface area contributed by atoms with Crippen molar-refractivity contribution in [2.24, 2.45) is 5.73 Å². The average molecular weight is 237 g/mol. The molecule has 0 radical (unpaired) electrons. The zero-order valence-corrected chi connectivity index (χ0v) is 10.7. The molecule has 17 heavy (non-hydrogen) atoms. The van der Waals surface area contributed by atoms with E-state index in [1.807, 2.05) is 12.1 Å². The number of aliphatic hydroxyl groups excluding tert-OH is 1. The van der Waals surface area contributed by atoms with Gasteiger partial charge in [0.1, 0.15) is 5.75 Å². The van der Waals surface area contributed by atoms with Crippen LogP contribution >= 0.6 is 0 Å². The minimum atomic E-state index is -0.416. The van der Waals surface area contributed by atoms with Crippen molar-refractivity contribution in [3.05, 3.63) is 29.8 Å². The molecule has 0 heterocycles. The Morgan fingerprint density at radius 2 is 1.94 bits per heavy atom. The largest absolute Gasteiger partial charge is 0.494 e. The molecule has 2 atom stereocenters. The van der Waals surface area contributed by atoms with Gasteiger partial charge in [0.05, 0.1) is 12.7 Å². The Bertz CT molecular complexity index is 311. The summed E-state index contributed by atoms with van der Waals surface area (Å²) in [6.45, 7) is 5.26. The molecule has 0 aliphatic heterocycles. The van der Waals surface area contributed by atoms with Crippen molar-refractivity contribution in [1.29, 1.82) is 0 Å². The van der Waals surface area contributed by atoms with Crippen LogP contribution in [-0.4, -0.2) is 24.4 Å². The molecule has 0 aliphatic carbocycles. The number of benzene rings is 1. The van der Waals surface area contributed by atoms with Crippen molar-refractivity contribution in [2.45, 2.75) is 38.7 Å². The van der Waals surface area contributed by atoms with Crippen LogP contribution in [0.15, 0.2) is 24.3 Å². The minimum absolute atomic E-state index is 0.314. The van der Waals surface area contributed by atoms with Gasteiger partial charge in [-0.2, -0.15) is 0 Å². The van der Waals surface area contributed by atoms with Gasteiger partial charge in [0.2, 0.25) is 0 Å². The first-order valence-corrected chi connectivity index (χ1v) is 6.28. The van der Waals surface area contributed by atoms with E-state index in [-0.39, 0.29) is 0 Å². The number of rotatable bonds is 7. The van der Waals surface area contributed by atoms with Gasteiger partial charge in [-0.1, -0.05) is 26.0 Å². The van der Waals surface area contributed by atoms with Gasteiger partial charge in [-0.25, -0.2) is 0 Å². The van der Waals surface area contributed by atoms with E-state index in [0.717, 1.165) is 18.8 Å². The zero-order valence-electron chi connectivity index (χ0n) is 10.7. The Hall–Kier alpha value is -1.06. The van der Waals surface area contributed by atoms with Crippen molar-refractivity contribution in [2.75, 3.05) is 13.2 Å². The second-order valence-corrected chi connectivity index (χ2v) is 4.44. The SMILES string of the molecule is CCCOc1ccc(C(C)CC(O)CN)cc1. The standard InChI is InChI=1S/C14H23NO2/c1-3-8-17-14-6-4-12(5-7-14)11(2)9-13(16)10-15/h4-7,11,13,16H,3,8-10,15H2,1-2H3. The van der Waals surface area contributed by atoms with Crippen LogP contribution in [0.1, 0.15) is 38.2 Å². The molecule has 3 nitrogen and oxygen atoms in total. The Kier molecular flexibility index (Phi) is 6.01. The second kappa shape index (κ2) is 7.30. The maximum absolute atomic E-state index is 9.51. The van der Waals surface area contributed by atoms with Crippen molar-refractivity contribution >= 4 is 0 Å². The predicted octanol–water partition coefficient (Wildman–Crippen LogP) is 2.29. The van der Waals surface area contributed by atoms with Crippen LogP contribution in [0.25, 0.3) is 0 Å². The van der Waals surface area contributed by atoms with E-state index in [0.29, 0.717) is 18.9 Å². The fourth-order valence-corrected chi connectivity index (χ4v) is 1.75. The maximum Gasteiger partial charge on any atom is 0.119 e. The molecule has 0 aromatic heterocycles. The topological polar surface area (TPSA) is 55.5 Å². The van der Waals surface area contributed by atoms with Crippen LogP contribution in [0.3, 0.4) is 0 Å². The summed E-state index contributed by atoms with van der Waals surface area (Å²) in [7, 11) is 0. The Morgan fingerprint density at radius 3 is 2.47 bits per heavy atom. The zero-order chi connectivity index (χ0) is 12.7. The summed E-state index contributed by atoms with van der Waals surface area (Å²) < 4.78 is 5.52. The molecule has 0 aliphatic rings. The third-order valence-electron chi connectivity index (χ3n) is 2.82. The van der Waals surface area contributed by atoms with Crippen molar-refractivity contribution in [3.63, 3.8) is 0 Å². The highest BCUT2D eigenvalue weighted by atomic mass is 16.5. The molecular formula is C14H23NO2. The monoisotopic (exact) mass is 237 g/mol. The van der Waals surface area contributed by atoms with Gasteiger partial charge >= 0.3 is 0 Å². The first-order valence-electron chi connectivity index (χ1n) is 6.28. The molecule has 0 fully saturated rings. The van der Waals surface area contributed by atoms with Gasteiger partial charge in [-0.3, -0.25) is 0 Å². The van der Waals surface area contributed by atoms with Crippen LogP contribution < -0.4 is 10.5 Å². The Labute approximate surface area is 104 Å². The third kappa shape index (κ3) is 4.75. The van der Waals surface area contributed by atoms with Gasteiger partial charge in [-0.05, 0) is 36.5 Å². The molecule has 1 rings (SSSR count). The molecule has 3 heteroatoms. The van der Waals surface area contributed by atoms with Crippen LogP contribution in [0.2, 0.25) is 0 Å². The summed E-state index contributed by atoms with van der Waals surface area (Å²) >= 11 is 0. The lowest BCUT2D eigenvalue weighted by Crippen LogP contribution is -2.21. The highest BCUT2D eigenvalue weighted by Crippen LogP contribution is 2.23. The van der Waals surface area contributed by atoms with Crippen LogP contribution in [0.5, 0.6) is 5.75 Å². The lowest BCUT2D eigenvalue weighted by Gasteiger charge is -2.15. The van der Waals surface area contributed by atoms with Gasteiger partial charge in [0, 0.05) is 6.54 Å². The van der Waals surface area contributed by atoms with Crippen molar-refractivity contribution in [3.8, 4) is 5.75 Å². The highest BCUT2D eigenvalue weighted by Gasteiger charge is 2.10. The van der Waals surface area contributed by atoms with E-state index in [2.05, 4.69) is 26.0 Å². The maximum atomic E-state index is 9.51. The van der Waals surface area contributed by atoms with E-state index in [1.54, 1.807) is 0 Å². The summed E-state index contributed by atoms with van der Waals surface area (Å²) in [5.74, 6) is 1.22. The smallest absolute Gasteiger partial charge is 0.119 e. The fourth-order valence-electron chi connectivity index (χ4n) is 1.75. The third-order valence-corrected chi connectivity index (χ3v) is 2.82. The normalized spacial score (nSPS) is 14.4. The summed E-state index contributed by atoms with van der Waals surface area (Å²) in [6.07, 6.45) is 1.30. The highest BCUT2D eigenvalue weighted by molar-refractivity contribution is 5.29. The quantitative estimate of drug-likeness (QED) is 0.765. The van der Waals surface area contributed by atoms with Crippen LogP contribution in [-0.2, 0) is 0 Å².